The first-order valence-corrected chi connectivity index (χ1v) is 13.0. The molecule has 1 atom stereocenters. The molecule has 0 saturated carbocycles. The predicted octanol–water partition coefficient (Wildman–Crippen LogP) is 0.395. The Kier molecular flexibility index (Phi) is 6.28. The van der Waals surface area contributed by atoms with Crippen LogP contribution >= 0.6 is 22.6 Å². The van der Waals surface area contributed by atoms with Crippen LogP contribution in [0.15, 0.2) is 17.1 Å². The Morgan fingerprint density at radius 3 is 2.77 bits per heavy atom. The summed E-state index contributed by atoms with van der Waals surface area (Å²) in [5.74, 6) is 0.551. The first kappa shape index (κ1) is 22.5. The van der Waals surface area contributed by atoms with E-state index >= 15 is 0 Å². The van der Waals surface area contributed by atoms with Crippen LogP contribution in [-0.2, 0) is 35.8 Å². The Balaban J connectivity index is 1.74. The number of nitrogens with zero attached hydrogens (tertiary/aromatic N) is 3. The van der Waals surface area contributed by atoms with Crippen molar-refractivity contribution >= 4 is 38.4 Å². The highest BCUT2D eigenvalue weighted by molar-refractivity contribution is 14.1. The number of hydrogen-bond acceptors (Lipinski definition) is 6. The van der Waals surface area contributed by atoms with Crippen LogP contribution < -0.4 is 26.6 Å². The fourth-order valence-corrected chi connectivity index (χ4v) is 6.07. The second-order valence-corrected chi connectivity index (χ2v) is 11.2. The molecule has 0 fully saturated rings. The number of rotatable bonds is 7. The van der Waals surface area contributed by atoms with Gasteiger partial charge in [0, 0.05) is 22.6 Å². The molecule has 4 N–H and O–H groups in total. The largest absolute Gasteiger partial charge is 0.384 e. The van der Waals surface area contributed by atoms with Crippen molar-refractivity contribution in [3.63, 3.8) is 0 Å². The number of hydrogen-bond donors (Lipinski definition) is 3. The van der Waals surface area contributed by atoms with E-state index in [0.717, 1.165) is 28.4 Å². The summed E-state index contributed by atoms with van der Waals surface area (Å²) >= 11 is 2.32. The molecular formula is C20H26FIN6O2S. The van der Waals surface area contributed by atoms with Gasteiger partial charge in [0.25, 0.3) is 6.42 Å². The zero-order valence-corrected chi connectivity index (χ0v) is 20.4. The van der Waals surface area contributed by atoms with E-state index in [4.69, 9.17) is 5.73 Å². The zero-order valence-electron chi connectivity index (χ0n) is 17.5. The van der Waals surface area contributed by atoms with Gasteiger partial charge in [-0.05, 0) is 78.5 Å². The Hall–Kier alpha value is -1.73. The molecule has 4 rings (SSSR count). The van der Waals surface area contributed by atoms with Crippen molar-refractivity contribution in [1.29, 1.82) is 0 Å². The maximum Gasteiger partial charge on any atom is 0.267 e. The first-order chi connectivity index (χ1) is 14.6. The summed E-state index contributed by atoms with van der Waals surface area (Å²) in [4.78, 5) is 8.62. The lowest BCUT2D eigenvalue weighted by Crippen LogP contribution is -2.47. The molecule has 0 spiro atoms. The number of benzene rings is 1. The lowest BCUT2D eigenvalue weighted by atomic mass is 10.0. The maximum absolute atomic E-state index is 14.0. The van der Waals surface area contributed by atoms with E-state index in [-0.39, 0.29) is 29.6 Å². The van der Waals surface area contributed by atoms with Crippen LogP contribution in [-0.4, -0.2) is 36.2 Å². The topological polar surface area (TPSA) is 114 Å². The van der Waals surface area contributed by atoms with Gasteiger partial charge in [0.1, 0.15) is 17.0 Å². The third-order valence-electron chi connectivity index (χ3n) is 5.39. The van der Waals surface area contributed by atoms with Gasteiger partial charge in [0.05, 0.1) is 5.75 Å². The molecule has 2 aliphatic rings. The van der Waals surface area contributed by atoms with Crippen LogP contribution in [0, 0.1) is 3.57 Å². The number of nitrogens with one attached hydrogen (secondary N) is 2. The Labute approximate surface area is 194 Å². The molecule has 0 amide bonds. The minimum Gasteiger partial charge on any atom is -0.384 e. The molecule has 0 bridgehead atoms. The molecule has 2 heterocycles. The lowest BCUT2D eigenvalue weighted by molar-refractivity contribution is 0.303. The number of alkyl halides is 1. The third-order valence-corrected chi connectivity index (χ3v) is 7.95. The van der Waals surface area contributed by atoms with Crippen molar-refractivity contribution in [1.82, 2.24) is 19.6 Å². The van der Waals surface area contributed by atoms with Gasteiger partial charge < -0.3 is 15.6 Å². The summed E-state index contributed by atoms with van der Waals surface area (Å²) in [5, 5.41) is 2.79. The second-order valence-electron chi connectivity index (χ2n) is 8.21. The van der Waals surface area contributed by atoms with Crippen LogP contribution in [0.25, 0.3) is 5.82 Å². The molecule has 1 unspecified atom stereocenters. The van der Waals surface area contributed by atoms with Gasteiger partial charge in [-0.1, -0.05) is 6.07 Å². The summed E-state index contributed by atoms with van der Waals surface area (Å²) in [6.45, 7) is 3.63. The summed E-state index contributed by atoms with van der Waals surface area (Å²) in [5.41, 5.74) is 10.1. The van der Waals surface area contributed by atoms with Crippen molar-refractivity contribution in [3.8, 4) is 0 Å². The molecule has 2 aromatic rings. The van der Waals surface area contributed by atoms with Crippen molar-refractivity contribution in [2.75, 3.05) is 5.75 Å². The van der Waals surface area contributed by atoms with Crippen LogP contribution in [0.1, 0.15) is 42.8 Å². The summed E-state index contributed by atoms with van der Waals surface area (Å²) in [6.07, 6.45) is 2.11. The fourth-order valence-electron chi connectivity index (χ4n) is 4.09. The van der Waals surface area contributed by atoms with E-state index in [0.29, 0.717) is 17.6 Å². The number of imidazole rings is 1. The van der Waals surface area contributed by atoms with Crippen molar-refractivity contribution in [3.05, 3.63) is 49.1 Å². The lowest BCUT2D eigenvalue weighted by Gasteiger charge is -2.14. The Morgan fingerprint density at radius 1 is 1.35 bits per heavy atom. The fraction of sp³-hybridized carbons (Fsp3) is 0.500. The normalized spacial score (nSPS) is 18.0. The molecule has 1 aliphatic heterocycles. The van der Waals surface area contributed by atoms with Gasteiger partial charge in [-0.15, -0.1) is 0 Å². The Morgan fingerprint density at radius 2 is 2.06 bits per heavy atom. The van der Waals surface area contributed by atoms with Crippen molar-refractivity contribution < 1.29 is 12.8 Å². The quantitative estimate of drug-likeness (QED) is 0.335. The molecule has 31 heavy (non-hydrogen) atoms. The van der Waals surface area contributed by atoms with Gasteiger partial charge in [-0.25, -0.2) is 23.1 Å². The number of sulfonamides is 1. The number of fused-ring (bicyclic) bond motifs is 2. The molecular weight excluding hydrogens is 534 g/mol. The monoisotopic (exact) mass is 560 g/mol. The summed E-state index contributed by atoms with van der Waals surface area (Å²) in [6, 6.07) is 4.22. The second kappa shape index (κ2) is 8.66. The van der Waals surface area contributed by atoms with Crippen molar-refractivity contribution in [2.45, 2.75) is 58.5 Å². The molecule has 1 aromatic carbocycles. The molecule has 0 saturated heterocycles. The standard InChI is InChI=1S/C20H26FIN6O2S/c1-11(2)27-31(29,30)7-6-28-16(24-17-18(23)25-20(21)26-19(17)28)10-14-8-12-4-3-5-13(12)9-15(14)22/h8-9,11,20,25,27H,3-7,10,23H2,1-2H3. The average molecular weight is 560 g/mol. The third kappa shape index (κ3) is 4.87. The number of aryl methyl sites for hydroxylation is 2. The van der Waals surface area contributed by atoms with Gasteiger partial charge in [-0.3, -0.25) is 0 Å². The highest BCUT2D eigenvalue weighted by Crippen LogP contribution is 2.27. The number of aromatic nitrogens is 2. The molecule has 0 radical (unpaired) electrons. The van der Waals surface area contributed by atoms with Crippen LogP contribution in [0.3, 0.4) is 0 Å². The van der Waals surface area contributed by atoms with Crippen LogP contribution in [0.5, 0.6) is 0 Å². The maximum atomic E-state index is 14.0. The van der Waals surface area contributed by atoms with E-state index in [9.17, 15) is 12.8 Å². The summed E-state index contributed by atoms with van der Waals surface area (Å²) < 4.78 is 44.2. The van der Waals surface area contributed by atoms with E-state index in [1.807, 2.05) is 0 Å². The van der Waals surface area contributed by atoms with Crippen LogP contribution in [0.4, 0.5) is 4.39 Å². The van der Waals surface area contributed by atoms with Gasteiger partial charge in [0.15, 0.2) is 5.49 Å². The number of nitrogens with two attached hydrogens (primary N) is 1. The SMILES string of the molecule is CC(C)NS(=O)(=O)CCn1c(Cc2cc3c(cc2I)CCC3)nc2c1=NC(F)NC=2N. The summed E-state index contributed by atoms with van der Waals surface area (Å²) in [7, 11) is -3.51. The molecule has 8 nitrogen and oxygen atoms in total. The average Bonchev–Trinajstić information content (AvgIpc) is 3.23. The first-order valence-electron chi connectivity index (χ1n) is 10.3. The van der Waals surface area contributed by atoms with Gasteiger partial charge in [-0.2, -0.15) is 4.39 Å². The Bertz CT molecular complexity index is 1240. The van der Waals surface area contributed by atoms with E-state index < -0.39 is 16.4 Å². The minimum absolute atomic E-state index is 0.101. The van der Waals surface area contributed by atoms with E-state index in [1.54, 1.807) is 18.4 Å². The van der Waals surface area contributed by atoms with Crippen molar-refractivity contribution in [2.24, 2.45) is 10.7 Å². The minimum atomic E-state index is -3.51. The molecule has 11 heteroatoms. The highest BCUT2D eigenvalue weighted by atomic mass is 127. The van der Waals surface area contributed by atoms with E-state index in [1.165, 1.54) is 11.1 Å². The van der Waals surface area contributed by atoms with Gasteiger partial charge in [0.2, 0.25) is 10.0 Å². The molecule has 168 valence electrons. The highest BCUT2D eigenvalue weighted by Gasteiger charge is 2.22. The van der Waals surface area contributed by atoms with Gasteiger partial charge >= 0.3 is 0 Å². The predicted molar refractivity (Wildman–Crippen MR) is 125 cm³/mol. The van der Waals surface area contributed by atoms with Crippen LogP contribution in [0.2, 0.25) is 0 Å². The molecule has 1 aromatic heterocycles. The van der Waals surface area contributed by atoms with E-state index in [2.05, 4.69) is 54.7 Å². The molecule has 1 aliphatic carbocycles. The smallest absolute Gasteiger partial charge is 0.267 e. The number of halogens is 2. The zero-order chi connectivity index (χ0) is 22.3.